The Balaban J connectivity index is 1.76. The summed E-state index contributed by atoms with van der Waals surface area (Å²) in [7, 11) is 1.56. The number of carbonyl (C=O) groups excluding carboxylic acids is 2. The van der Waals surface area contributed by atoms with Gasteiger partial charge in [0.05, 0.1) is 0 Å². The minimum atomic E-state index is -0.839. The molecule has 180 valence electrons. The molecule has 35 heavy (non-hydrogen) atoms. The van der Waals surface area contributed by atoms with Crippen molar-refractivity contribution in [3.63, 3.8) is 0 Å². The van der Waals surface area contributed by atoms with Gasteiger partial charge >= 0.3 is 11.6 Å². The van der Waals surface area contributed by atoms with E-state index < -0.39 is 17.5 Å². The lowest BCUT2D eigenvalue weighted by Crippen LogP contribution is -2.29. The lowest BCUT2D eigenvalue weighted by molar-refractivity contribution is -0.129. The Morgan fingerprint density at radius 3 is 2.54 bits per heavy atom. The summed E-state index contributed by atoms with van der Waals surface area (Å²) < 4.78 is 15.5. The summed E-state index contributed by atoms with van der Waals surface area (Å²) in [4.78, 5) is 37.1. The molecule has 0 unspecified atom stereocenters. The van der Waals surface area contributed by atoms with Crippen LogP contribution in [0.2, 0.25) is 0 Å². The Morgan fingerprint density at radius 1 is 1.14 bits per heavy atom. The first-order valence-electron chi connectivity index (χ1n) is 11.1. The van der Waals surface area contributed by atoms with Crippen LogP contribution in [0.25, 0.3) is 17.0 Å². The van der Waals surface area contributed by atoms with Crippen LogP contribution in [-0.4, -0.2) is 32.1 Å². The molecule has 0 saturated carbocycles. The summed E-state index contributed by atoms with van der Waals surface area (Å²) >= 11 is 0. The number of nitriles is 1. The van der Waals surface area contributed by atoms with E-state index in [1.165, 1.54) is 24.3 Å². The molecule has 1 N–H and O–H groups in total. The van der Waals surface area contributed by atoms with Crippen molar-refractivity contribution in [3.8, 4) is 11.8 Å². The van der Waals surface area contributed by atoms with Gasteiger partial charge in [0.25, 0.3) is 5.91 Å². The standard InChI is InChI=1S/C27H26N2O6/c1-17(2)19-7-5-18(6-8-19)13-21(16-28)26(31)34-22-10-9-20-14-23(27(32)35-24(20)15-22)25(30)29-11-4-12-33-3/h5-10,13-15,17H,4,11-12H2,1-3H3,(H,29,30)/b21-13+. The number of carbonyl (C=O) groups is 2. The fraction of sp³-hybridized carbons (Fsp3) is 0.259. The molecule has 0 aliphatic carbocycles. The molecule has 0 spiro atoms. The van der Waals surface area contributed by atoms with E-state index in [9.17, 15) is 19.6 Å². The topological polar surface area (TPSA) is 119 Å². The van der Waals surface area contributed by atoms with E-state index >= 15 is 0 Å². The summed E-state index contributed by atoms with van der Waals surface area (Å²) in [6.07, 6.45) is 2.06. The zero-order valence-corrected chi connectivity index (χ0v) is 19.8. The molecule has 1 amide bonds. The van der Waals surface area contributed by atoms with Gasteiger partial charge in [-0.25, -0.2) is 9.59 Å². The molecule has 8 nitrogen and oxygen atoms in total. The summed E-state index contributed by atoms with van der Waals surface area (Å²) in [5, 5.41) is 12.6. The van der Waals surface area contributed by atoms with Crippen LogP contribution in [0.3, 0.4) is 0 Å². The minimum Gasteiger partial charge on any atom is -0.422 e. The maximum atomic E-state index is 12.5. The van der Waals surface area contributed by atoms with Crippen LogP contribution in [0.5, 0.6) is 5.75 Å². The van der Waals surface area contributed by atoms with Crippen molar-refractivity contribution < 1.29 is 23.5 Å². The fourth-order valence-electron chi connectivity index (χ4n) is 3.27. The van der Waals surface area contributed by atoms with Crippen LogP contribution in [0.15, 0.2) is 63.3 Å². The number of methoxy groups -OCH3 is 1. The normalized spacial score (nSPS) is 11.3. The highest BCUT2D eigenvalue weighted by atomic mass is 16.5. The SMILES string of the molecule is COCCCNC(=O)c1cc2ccc(OC(=O)/C(C#N)=C/c3ccc(C(C)C)cc3)cc2oc1=O. The molecule has 1 heterocycles. The second-order valence-corrected chi connectivity index (χ2v) is 8.13. The smallest absolute Gasteiger partial charge is 0.354 e. The van der Waals surface area contributed by atoms with Crippen molar-refractivity contribution >= 4 is 28.9 Å². The van der Waals surface area contributed by atoms with Gasteiger partial charge in [0.15, 0.2) is 0 Å². The molecule has 0 saturated heterocycles. The van der Waals surface area contributed by atoms with E-state index in [4.69, 9.17) is 13.9 Å². The maximum Gasteiger partial charge on any atom is 0.354 e. The molecule has 3 rings (SSSR count). The number of nitrogens with one attached hydrogen (secondary N) is 1. The van der Waals surface area contributed by atoms with E-state index in [-0.39, 0.29) is 22.5 Å². The third-order valence-corrected chi connectivity index (χ3v) is 5.23. The number of fused-ring (bicyclic) bond motifs is 1. The Labute approximate surface area is 202 Å². The molecule has 0 bridgehead atoms. The van der Waals surface area contributed by atoms with E-state index in [0.29, 0.717) is 36.4 Å². The van der Waals surface area contributed by atoms with E-state index in [1.54, 1.807) is 13.2 Å². The van der Waals surface area contributed by atoms with Crippen LogP contribution in [-0.2, 0) is 9.53 Å². The Bertz CT molecular complexity index is 1350. The van der Waals surface area contributed by atoms with Gasteiger partial charge in [-0.05, 0) is 47.7 Å². The highest BCUT2D eigenvalue weighted by molar-refractivity contribution is 5.99. The molecule has 0 fully saturated rings. The van der Waals surface area contributed by atoms with Gasteiger partial charge in [0.2, 0.25) is 0 Å². The maximum absolute atomic E-state index is 12.5. The molecule has 0 aliphatic heterocycles. The number of amides is 1. The lowest BCUT2D eigenvalue weighted by Gasteiger charge is -2.07. The largest absolute Gasteiger partial charge is 0.422 e. The van der Waals surface area contributed by atoms with Crippen LogP contribution in [0, 0.1) is 11.3 Å². The monoisotopic (exact) mass is 474 g/mol. The van der Waals surface area contributed by atoms with Gasteiger partial charge in [-0.2, -0.15) is 5.26 Å². The van der Waals surface area contributed by atoms with E-state index in [1.807, 2.05) is 30.3 Å². The predicted molar refractivity (Wildman–Crippen MR) is 131 cm³/mol. The average molecular weight is 475 g/mol. The van der Waals surface area contributed by atoms with Crippen molar-refractivity contribution in [1.82, 2.24) is 5.32 Å². The Morgan fingerprint density at radius 2 is 1.89 bits per heavy atom. The third kappa shape index (κ3) is 6.65. The summed E-state index contributed by atoms with van der Waals surface area (Å²) in [6.45, 7) is 5.00. The molecule has 1 aromatic heterocycles. The number of nitrogens with zero attached hydrogens (tertiary/aromatic N) is 1. The van der Waals surface area contributed by atoms with Crippen LogP contribution < -0.4 is 15.7 Å². The van der Waals surface area contributed by atoms with Crippen molar-refractivity contribution in [3.05, 3.63) is 81.2 Å². The summed E-state index contributed by atoms with van der Waals surface area (Å²) in [6, 6.07) is 15.2. The number of hydrogen-bond donors (Lipinski definition) is 1. The summed E-state index contributed by atoms with van der Waals surface area (Å²) in [5.74, 6) is -0.918. The number of benzene rings is 2. The second kappa shape index (κ2) is 11.8. The van der Waals surface area contributed by atoms with Crippen molar-refractivity contribution in [2.75, 3.05) is 20.3 Å². The number of rotatable bonds is 9. The van der Waals surface area contributed by atoms with Gasteiger partial charge in [-0.1, -0.05) is 38.1 Å². The van der Waals surface area contributed by atoms with Crippen LogP contribution in [0.4, 0.5) is 0 Å². The lowest BCUT2D eigenvalue weighted by atomic mass is 10.0. The minimum absolute atomic E-state index is 0.0960. The van der Waals surface area contributed by atoms with Crippen molar-refractivity contribution in [2.24, 2.45) is 0 Å². The third-order valence-electron chi connectivity index (χ3n) is 5.23. The van der Waals surface area contributed by atoms with Gasteiger partial charge in [-0.15, -0.1) is 0 Å². The van der Waals surface area contributed by atoms with E-state index in [2.05, 4.69) is 19.2 Å². The summed E-state index contributed by atoms with van der Waals surface area (Å²) in [5.41, 5.74) is 0.867. The van der Waals surface area contributed by atoms with Gasteiger partial charge < -0.3 is 19.2 Å². The molecule has 0 aliphatic rings. The molecule has 3 aromatic rings. The molecular formula is C27H26N2O6. The van der Waals surface area contributed by atoms with Crippen LogP contribution >= 0.6 is 0 Å². The second-order valence-electron chi connectivity index (χ2n) is 8.13. The highest BCUT2D eigenvalue weighted by Crippen LogP contribution is 2.22. The first-order chi connectivity index (χ1) is 16.8. The van der Waals surface area contributed by atoms with Gasteiger partial charge in [-0.3, -0.25) is 4.79 Å². The number of hydrogen-bond acceptors (Lipinski definition) is 7. The van der Waals surface area contributed by atoms with E-state index in [0.717, 1.165) is 5.56 Å². The molecule has 2 aromatic carbocycles. The van der Waals surface area contributed by atoms with Crippen LogP contribution in [0.1, 0.15) is 47.7 Å². The predicted octanol–water partition coefficient (Wildman–Crippen LogP) is 4.20. The Hall–Kier alpha value is -4.22. The number of esters is 1. The quantitative estimate of drug-likeness (QED) is 0.123. The average Bonchev–Trinajstić information content (AvgIpc) is 2.84. The molecular weight excluding hydrogens is 448 g/mol. The molecule has 0 atom stereocenters. The first kappa shape index (κ1) is 25.4. The highest BCUT2D eigenvalue weighted by Gasteiger charge is 2.16. The number of ether oxygens (including phenoxy) is 2. The zero-order chi connectivity index (χ0) is 25.4. The molecule has 0 radical (unpaired) electrons. The van der Waals surface area contributed by atoms with Crippen molar-refractivity contribution in [1.29, 1.82) is 5.26 Å². The van der Waals surface area contributed by atoms with Gasteiger partial charge in [0, 0.05) is 31.7 Å². The zero-order valence-electron chi connectivity index (χ0n) is 19.8. The Kier molecular flexibility index (Phi) is 8.54. The van der Waals surface area contributed by atoms with Crippen molar-refractivity contribution in [2.45, 2.75) is 26.2 Å². The fourth-order valence-corrected chi connectivity index (χ4v) is 3.27. The molecule has 8 heteroatoms. The van der Waals surface area contributed by atoms with Gasteiger partial charge in [0.1, 0.15) is 28.5 Å². The first-order valence-corrected chi connectivity index (χ1v) is 11.1.